The number of benzene rings is 1. The molecule has 1 aromatic rings. The highest BCUT2D eigenvalue weighted by Crippen LogP contribution is 2.34. The van der Waals surface area contributed by atoms with Crippen molar-refractivity contribution in [2.24, 2.45) is 11.8 Å². The maximum Gasteiger partial charge on any atom is 0.119 e. The molecular weight excluding hydrogens is 236 g/mol. The summed E-state index contributed by atoms with van der Waals surface area (Å²) in [7, 11) is 0. The van der Waals surface area contributed by atoms with Crippen molar-refractivity contribution in [1.82, 2.24) is 5.43 Å². The Hall–Kier alpha value is -1.06. The zero-order chi connectivity index (χ0) is 13.5. The predicted octanol–water partition coefficient (Wildman–Crippen LogP) is 3.56. The van der Waals surface area contributed by atoms with E-state index in [0.717, 1.165) is 5.75 Å². The lowest BCUT2D eigenvalue weighted by Crippen LogP contribution is -2.33. The van der Waals surface area contributed by atoms with Gasteiger partial charge >= 0.3 is 0 Å². The lowest BCUT2D eigenvalue weighted by atomic mass is 9.87. The zero-order valence-corrected chi connectivity index (χ0v) is 11.9. The molecule has 1 saturated carbocycles. The van der Waals surface area contributed by atoms with Crippen molar-refractivity contribution in [1.29, 1.82) is 0 Å². The summed E-state index contributed by atoms with van der Waals surface area (Å²) in [5.74, 6) is 7.40. The van der Waals surface area contributed by atoms with Crippen molar-refractivity contribution in [3.05, 3.63) is 29.8 Å². The van der Waals surface area contributed by atoms with Crippen LogP contribution in [0.2, 0.25) is 0 Å². The van der Waals surface area contributed by atoms with Crippen molar-refractivity contribution < 1.29 is 4.74 Å². The molecule has 2 rings (SSSR count). The molecule has 0 aromatic heterocycles. The first kappa shape index (κ1) is 14.4. The number of hydrazine groups is 1. The molecule has 0 bridgehead atoms. The van der Waals surface area contributed by atoms with Crippen LogP contribution in [0, 0.1) is 5.92 Å². The maximum atomic E-state index is 5.82. The minimum Gasteiger partial charge on any atom is -0.494 e. The topological polar surface area (TPSA) is 47.3 Å². The SMILES string of the molecule is CCOc1cccc(C(NN)C2CCCCCC2)c1. The molecule has 1 unspecified atom stereocenters. The first-order valence-electron chi connectivity index (χ1n) is 7.54. The summed E-state index contributed by atoms with van der Waals surface area (Å²) in [5, 5.41) is 0. The molecule has 3 N–H and O–H groups in total. The van der Waals surface area contributed by atoms with E-state index in [1.165, 1.54) is 44.1 Å². The minimum absolute atomic E-state index is 0.249. The second-order valence-electron chi connectivity index (χ2n) is 5.40. The van der Waals surface area contributed by atoms with Crippen LogP contribution >= 0.6 is 0 Å². The molecule has 1 aliphatic carbocycles. The number of nitrogens with two attached hydrogens (primary N) is 1. The van der Waals surface area contributed by atoms with E-state index < -0.39 is 0 Å². The van der Waals surface area contributed by atoms with Gasteiger partial charge in [-0.3, -0.25) is 11.3 Å². The highest BCUT2D eigenvalue weighted by Gasteiger charge is 2.23. The summed E-state index contributed by atoms with van der Waals surface area (Å²) in [6.07, 6.45) is 7.93. The van der Waals surface area contributed by atoms with Gasteiger partial charge in [0.05, 0.1) is 6.61 Å². The van der Waals surface area contributed by atoms with Crippen molar-refractivity contribution in [2.75, 3.05) is 6.61 Å². The molecule has 3 nitrogen and oxygen atoms in total. The highest BCUT2D eigenvalue weighted by molar-refractivity contribution is 5.31. The average molecular weight is 262 g/mol. The molecule has 0 saturated heterocycles. The quantitative estimate of drug-likeness (QED) is 0.484. The van der Waals surface area contributed by atoms with Gasteiger partial charge in [0.25, 0.3) is 0 Å². The van der Waals surface area contributed by atoms with Crippen LogP contribution in [0.25, 0.3) is 0 Å². The van der Waals surface area contributed by atoms with E-state index in [1.807, 2.05) is 13.0 Å². The Balaban J connectivity index is 2.13. The Morgan fingerprint density at radius 3 is 2.63 bits per heavy atom. The molecule has 0 radical (unpaired) electrons. The lowest BCUT2D eigenvalue weighted by Gasteiger charge is -2.26. The number of hydrogen-bond acceptors (Lipinski definition) is 3. The van der Waals surface area contributed by atoms with Gasteiger partial charge < -0.3 is 4.74 Å². The largest absolute Gasteiger partial charge is 0.494 e. The molecule has 19 heavy (non-hydrogen) atoms. The van der Waals surface area contributed by atoms with Crippen LogP contribution in [-0.4, -0.2) is 6.61 Å². The van der Waals surface area contributed by atoms with E-state index in [1.54, 1.807) is 0 Å². The smallest absolute Gasteiger partial charge is 0.119 e. The summed E-state index contributed by atoms with van der Waals surface area (Å²) in [6.45, 7) is 2.71. The fourth-order valence-corrected chi connectivity index (χ4v) is 3.11. The first-order chi connectivity index (χ1) is 9.35. The van der Waals surface area contributed by atoms with Gasteiger partial charge in [-0.05, 0) is 43.4 Å². The summed E-state index contributed by atoms with van der Waals surface area (Å²) in [6, 6.07) is 8.59. The maximum absolute atomic E-state index is 5.82. The second-order valence-corrected chi connectivity index (χ2v) is 5.40. The van der Waals surface area contributed by atoms with Gasteiger partial charge in [0.15, 0.2) is 0 Å². The van der Waals surface area contributed by atoms with E-state index in [4.69, 9.17) is 10.6 Å². The van der Waals surface area contributed by atoms with Gasteiger partial charge in [0.2, 0.25) is 0 Å². The zero-order valence-electron chi connectivity index (χ0n) is 11.9. The third-order valence-electron chi connectivity index (χ3n) is 4.08. The Morgan fingerprint density at radius 2 is 2.00 bits per heavy atom. The molecule has 1 atom stereocenters. The summed E-state index contributed by atoms with van der Waals surface area (Å²) >= 11 is 0. The van der Waals surface area contributed by atoms with E-state index in [0.29, 0.717) is 12.5 Å². The molecule has 106 valence electrons. The molecule has 3 heteroatoms. The molecule has 0 amide bonds. The number of ether oxygens (including phenoxy) is 1. The van der Waals surface area contributed by atoms with E-state index >= 15 is 0 Å². The minimum atomic E-state index is 0.249. The van der Waals surface area contributed by atoms with Gasteiger partial charge in [0, 0.05) is 6.04 Å². The second kappa shape index (κ2) is 7.51. The van der Waals surface area contributed by atoms with E-state index in [2.05, 4.69) is 23.6 Å². The Labute approximate surface area is 116 Å². The van der Waals surface area contributed by atoms with Gasteiger partial charge in [-0.1, -0.05) is 37.8 Å². The monoisotopic (exact) mass is 262 g/mol. The van der Waals surface area contributed by atoms with Crippen molar-refractivity contribution in [3.8, 4) is 5.75 Å². The number of rotatable bonds is 5. The van der Waals surface area contributed by atoms with Crippen molar-refractivity contribution in [3.63, 3.8) is 0 Å². The Bertz CT molecular complexity index is 373. The van der Waals surface area contributed by atoms with Crippen LogP contribution < -0.4 is 16.0 Å². The van der Waals surface area contributed by atoms with Crippen molar-refractivity contribution >= 4 is 0 Å². The molecule has 1 aliphatic rings. The standard InChI is InChI=1S/C16H26N2O/c1-2-19-15-11-7-10-14(12-15)16(18-17)13-8-5-3-4-6-9-13/h7,10-13,16,18H,2-6,8-9,17H2,1H3. The Morgan fingerprint density at radius 1 is 1.26 bits per heavy atom. The molecular formula is C16H26N2O. The van der Waals surface area contributed by atoms with E-state index in [-0.39, 0.29) is 6.04 Å². The molecule has 0 spiro atoms. The third kappa shape index (κ3) is 3.95. The fourth-order valence-electron chi connectivity index (χ4n) is 3.11. The van der Waals surface area contributed by atoms with Crippen LogP contribution in [0.4, 0.5) is 0 Å². The highest BCUT2D eigenvalue weighted by atomic mass is 16.5. The number of nitrogens with one attached hydrogen (secondary N) is 1. The molecule has 1 fully saturated rings. The van der Waals surface area contributed by atoms with Crippen LogP contribution in [0.15, 0.2) is 24.3 Å². The van der Waals surface area contributed by atoms with Crippen LogP contribution in [0.3, 0.4) is 0 Å². The van der Waals surface area contributed by atoms with Crippen LogP contribution in [0.1, 0.15) is 57.1 Å². The normalized spacial score (nSPS) is 18.8. The van der Waals surface area contributed by atoms with Crippen LogP contribution in [-0.2, 0) is 0 Å². The summed E-state index contributed by atoms with van der Waals surface area (Å²) in [4.78, 5) is 0. The van der Waals surface area contributed by atoms with Gasteiger partial charge in [0.1, 0.15) is 5.75 Å². The molecule has 0 aliphatic heterocycles. The van der Waals surface area contributed by atoms with E-state index in [9.17, 15) is 0 Å². The van der Waals surface area contributed by atoms with Crippen molar-refractivity contribution in [2.45, 2.75) is 51.5 Å². The fraction of sp³-hybridized carbons (Fsp3) is 0.625. The molecule has 0 heterocycles. The predicted molar refractivity (Wildman–Crippen MR) is 78.9 cm³/mol. The Kier molecular flexibility index (Phi) is 5.67. The van der Waals surface area contributed by atoms with Gasteiger partial charge in [-0.15, -0.1) is 0 Å². The van der Waals surface area contributed by atoms with Gasteiger partial charge in [-0.2, -0.15) is 0 Å². The first-order valence-corrected chi connectivity index (χ1v) is 7.54. The summed E-state index contributed by atoms with van der Waals surface area (Å²) < 4.78 is 5.58. The van der Waals surface area contributed by atoms with Gasteiger partial charge in [-0.25, -0.2) is 0 Å². The molecule has 1 aromatic carbocycles. The third-order valence-corrected chi connectivity index (χ3v) is 4.08. The lowest BCUT2D eigenvalue weighted by molar-refractivity contribution is 0.322. The summed E-state index contributed by atoms with van der Waals surface area (Å²) in [5.41, 5.74) is 4.28. The number of hydrogen-bond donors (Lipinski definition) is 2. The average Bonchev–Trinajstić information content (AvgIpc) is 2.70. The van der Waals surface area contributed by atoms with Crippen LogP contribution in [0.5, 0.6) is 5.75 Å².